The zero-order chi connectivity index (χ0) is 17.5. The Morgan fingerprint density at radius 1 is 1.05 bits per heavy atom. The Hall–Kier alpha value is -1.16. The first-order valence-corrected chi connectivity index (χ1v) is 6.27. The third kappa shape index (κ3) is 4.42. The summed E-state index contributed by atoms with van der Waals surface area (Å²) in [5, 5.41) is 0.461. The SMILES string of the molecule is Cn1c(C(F)(F)F)[n+](C)c2cc(Cl)c(Cl)cc21.F[B-](F)(F)F. The summed E-state index contributed by atoms with van der Waals surface area (Å²) in [7, 11) is -3.31. The minimum atomic E-state index is -6.00. The summed E-state index contributed by atoms with van der Waals surface area (Å²) < 4.78 is 79.6. The molecule has 0 aliphatic heterocycles. The minimum absolute atomic E-state index is 0.231. The minimum Gasteiger partial charge on any atom is -0.418 e. The van der Waals surface area contributed by atoms with Gasteiger partial charge in [0.05, 0.1) is 24.1 Å². The van der Waals surface area contributed by atoms with Crippen molar-refractivity contribution in [1.29, 1.82) is 0 Å². The molecule has 0 aliphatic carbocycles. The topological polar surface area (TPSA) is 8.81 Å². The standard InChI is InChI=1S/C10H8Cl2F3N2.BF4/c1-16-7-3-5(11)6(12)4-8(7)17(2)9(16)10(13,14)15;2-1(3,4)5/h3-4H,1-2H3;/q+1;-1. The summed E-state index contributed by atoms with van der Waals surface area (Å²) in [6.07, 6.45) is -4.43. The number of aryl methyl sites for hydroxylation is 2. The molecule has 2 nitrogen and oxygen atoms in total. The highest BCUT2D eigenvalue weighted by Crippen LogP contribution is 2.32. The Morgan fingerprint density at radius 3 is 1.86 bits per heavy atom. The van der Waals surface area contributed by atoms with E-state index in [1.54, 1.807) is 0 Å². The van der Waals surface area contributed by atoms with Crippen molar-refractivity contribution in [3.05, 3.63) is 28.0 Å². The zero-order valence-corrected chi connectivity index (χ0v) is 12.5. The first kappa shape index (κ1) is 18.9. The highest BCUT2D eigenvalue weighted by atomic mass is 35.5. The predicted octanol–water partition coefficient (Wildman–Crippen LogP) is 4.63. The third-order valence-corrected chi connectivity index (χ3v) is 3.35. The Labute approximate surface area is 130 Å². The van der Waals surface area contributed by atoms with E-state index < -0.39 is 19.3 Å². The molecular formula is C10H8BCl2F7N2. The quantitative estimate of drug-likeness (QED) is 0.363. The van der Waals surface area contributed by atoms with Crippen LogP contribution in [-0.4, -0.2) is 11.8 Å². The number of imidazole rings is 1. The van der Waals surface area contributed by atoms with E-state index in [9.17, 15) is 30.4 Å². The lowest BCUT2D eigenvalue weighted by Crippen LogP contribution is -2.37. The second-order valence-electron chi connectivity index (χ2n) is 4.19. The Bertz CT molecular complexity index is 642. The molecule has 0 aliphatic rings. The summed E-state index contributed by atoms with van der Waals surface area (Å²) >= 11 is 11.6. The molecule has 0 unspecified atom stereocenters. The van der Waals surface area contributed by atoms with Crippen molar-refractivity contribution in [3.63, 3.8) is 0 Å². The molecule has 0 radical (unpaired) electrons. The second kappa shape index (κ2) is 6.15. The van der Waals surface area contributed by atoms with Crippen LogP contribution in [0.25, 0.3) is 11.0 Å². The number of halogens is 9. The van der Waals surface area contributed by atoms with Crippen LogP contribution >= 0.6 is 23.2 Å². The molecule has 2 aromatic rings. The van der Waals surface area contributed by atoms with Crippen LogP contribution in [-0.2, 0) is 20.3 Å². The molecule has 1 heterocycles. The van der Waals surface area contributed by atoms with Crippen molar-refractivity contribution < 1.29 is 35.0 Å². The van der Waals surface area contributed by atoms with E-state index in [0.717, 1.165) is 9.13 Å². The molecule has 0 saturated heterocycles. The number of fused-ring (bicyclic) bond motifs is 1. The van der Waals surface area contributed by atoms with Crippen LogP contribution in [0.4, 0.5) is 30.4 Å². The molecule has 0 amide bonds. The summed E-state index contributed by atoms with van der Waals surface area (Å²) in [4.78, 5) is 0. The van der Waals surface area contributed by atoms with E-state index in [0.29, 0.717) is 11.0 Å². The highest BCUT2D eigenvalue weighted by molar-refractivity contribution is 6.50. The first-order valence-electron chi connectivity index (χ1n) is 5.51. The maximum absolute atomic E-state index is 12.8. The van der Waals surface area contributed by atoms with Crippen LogP contribution in [0.15, 0.2) is 12.1 Å². The predicted molar refractivity (Wildman–Crippen MR) is 69.3 cm³/mol. The zero-order valence-electron chi connectivity index (χ0n) is 11.0. The van der Waals surface area contributed by atoms with Gasteiger partial charge in [-0.05, 0) is 0 Å². The maximum Gasteiger partial charge on any atom is 0.673 e. The molecule has 2 rings (SSSR count). The summed E-state index contributed by atoms with van der Waals surface area (Å²) in [5.74, 6) is -0.758. The van der Waals surface area contributed by atoms with Crippen molar-refractivity contribution in [3.8, 4) is 0 Å². The molecule has 0 N–H and O–H groups in total. The number of hydrogen-bond acceptors (Lipinski definition) is 0. The molecule has 1 aromatic heterocycles. The Morgan fingerprint density at radius 2 is 1.45 bits per heavy atom. The molecular weight excluding hydrogens is 363 g/mol. The van der Waals surface area contributed by atoms with E-state index in [1.807, 2.05) is 0 Å². The fraction of sp³-hybridized carbons (Fsp3) is 0.300. The lowest BCUT2D eigenvalue weighted by Gasteiger charge is -2.01. The van der Waals surface area contributed by atoms with Gasteiger partial charge in [-0.15, -0.1) is 0 Å². The van der Waals surface area contributed by atoms with Gasteiger partial charge in [-0.1, -0.05) is 23.2 Å². The van der Waals surface area contributed by atoms with Gasteiger partial charge in [-0.25, -0.2) is 9.13 Å². The summed E-state index contributed by atoms with van der Waals surface area (Å²) in [6.45, 7) is 0. The number of alkyl halides is 3. The van der Waals surface area contributed by atoms with Crippen LogP contribution in [0, 0.1) is 0 Å². The summed E-state index contributed by atoms with van der Waals surface area (Å²) in [5.41, 5.74) is 0.767. The van der Waals surface area contributed by atoms with E-state index in [-0.39, 0.29) is 10.0 Å². The number of aromatic nitrogens is 2. The van der Waals surface area contributed by atoms with Crippen LogP contribution in [0.2, 0.25) is 10.0 Å². The number of benzene rings is 1. The average Bonchev–Trinajstić information content (AvgIpc) is 2.50. The average molecular weight is 371 g/mol. The van der Waals surface area contributed by atoms with Gasteiger partial charge in [-0.2, -0.15) is 13.2 Å². The van der Waals surface area contributed by atoms with E-state index >= 15 is 0 Å². The van der Waals surface area contributed by atoms with Crippen molar-refractivity contribution in [2.24, 2.45) is 14.1 Å². The highest BCUT2D eigenvalue weighted by Gasteiger charge is 2.45. The molecule has 22 heavy (non-hydrogen) atoms. The second-order valence-corrected chi connectivity index (χ2v) is 5.00. The molecule has 0 saturated carbocycles. The fourth-order valence-electron chi connectivity index (χ4n) is 1.90. The van der Waals surface area contributed by atoms with Gasteiger partial charge >= 0.3 is 19.3 Å². The van der Waals surface area contributed by atoms with Gasteiger partial charge in [0.1, 0.15) is 0 Å². The fourth-order valence-corrected chi connectivity index (χ4v) is 2.21. The van der Waals surface area contributed by atoms with Crippen molar-refractivity contribution in [2.75, 3.05) is 0 Å². The van der Waals surface area contributed by atoms with Crippen LogP contribution in [0.5, 0.6) is 0 Å². The van der Waals surface area contributed by atoms with Crippen LogP contribution < -0.4 is 4.57 Å². The Balaban J connectivity index is 0.000000422. The van der Waals surface area contributed by atoms with Crippen LogP contribution in [0.3, 0.4) is 0 Å². The van der Waals surface area contributed by atoms with E-state index in [4.69, 9.17) is 23.2 Å². The number of nitrogens with zero attached hydrogens (tertiary/aromatic N) is 2. The van der Waals surface area contributed by atoms with Gasteiger partial charge in [0.25, 0.3) is 0 Å². The molecule has 0 spiro atoms. The summed E-state index contributed by atoms with van der Waals surface area (Å²) in [6, 6.07) is 2.85. The molecule has 124 valence electrons. The lowest BCUT2D eigenvalue weighted by molar-refractivity contribution is -0.667. The largest absolute Gasteiger partial charge is 0.673 e. The smallest absolute Gasteiger partial charge is 0.418 e. The van der Waals surface area contributed by atoms with E-state index in [1.165, 1.54) is 26.2 Å². The van der Waals surface area contributed by atoms with Gasteiger partial charge in [-0.3, -0.25) is 0 Å². The third-order valence-electron chi connectivity index (χ3n) is 2.63. The number of rotatable bonds is 0. The molecule has 0 fully saturated rings. The van der Waals surface area contributed by atoms with Gasteiger partial charge in [0.15, 0.2) is 11.0 Å². The van der Waals surface area contributed by atoms with Crippen molar-refractivity contribution in [2.45, 2.75) is 6.18 Å². The molecule has 12 heteroatoms. The van der Waals surface area contributed by atoms with E-state index in [2.05, 4.69) is 0 Å². The van der Waals surface area contributed by atoms with Crippen LogP contribution in [0.1, 0.15) is 5.82 Å². The van der Waals surface area contributed by atoms with Gasteiger partial charge in [0, 0.05) is 12.1 Å². The van der Waals surface area contributed by atoms with Gasteiger partial charge < -0.3 is 17.3 Å². The monoisotopic (exact) mass is 370 g/mol. The molecule has 1 aromatic carbocycles. The molecule has 0 atom stereocenters. The van der Waals surface area contributed by atoms with Gasteiger partial charge in [0.2, 0.25) is 0 Å². The normalized spacial score (nSPS) is 12.3. The first-order chi connectivity index (χ1) is 9.73. The number of hydrogen-bond donors (Lipinski definition) is 0. The van der Waals surface area contributed by atoms with Crippen molar-refractivity contribution in [1.82, 2.24) is 4.57 Å². The lowest BCUT2D eigenvalue weighted by atomic mass is 10.3. The maximum atomic E-state index is 12.8. The molecule has 0 bridgehead atoms. The van der Waals surface area contributed by atoms with Crippen molar-refractivity contribution >= 4 is 41.5 Å². The Kier molecular flexibility index (Phi) is 5.28.